The molecule has 0 aliphatic carbocycles. The summed E-state index contributed by atoms with van der Waals surface area (Å²) < 4.78 is 10.4. The molecule has 0 bridgehead atoms. The highest BCUT2D eigenvalue weighted by Gasteiger charge is 2.01. The quantitative estimate of drug-likeness (QED) is 0.881. The molecular weight excluding hydrogens is 220 g/mol. The van der Waals surface area contributed by atoms with Crippen molar-refractivity contribution in [3.63, 3.8) is 0 Å². The van der Waals surface area contributed by atoms with Gasteiger partial charge in [0.2, 0.25) is 0 Å². The van der Waals surface area contributed by atoms with Crippen molar-refractivity contribution in [3.8, 4) is 11.5 Å². The lowest BCUT2D eigenvalue weighted by Crippen LogP contribution is -2.03. The van der Waals surface area contributed by atoms with Crippen molar-refractivity contribution in [1.82, 2.24) is 0 Å². The third-order valence-corrected chi connectivity index (χ3v) is 2.18. The number of phenols is 1. The van der Waals surface area contributed by atoms with Gasteiger partial charge in [0.05, 0.1) is 0 Å². The van der Waals surface area contributed by atoms with Gasteiger partial charge in [-0.3, -0.25) is 0 Å². The van der Waals surface area contributed by atoms with Gasteiger partial charge in [-0.25, -0.2) is 4.79 Å². The molecule has 88 valence electrons. The predicted molar refractivity (Wildman–Crippen MR) is 62.2 cm³/mol. The van der Waals surface area contributed by atoms with E-state index in [-0.39, 0.29) is 18.0 Å². The van der Waals surface area contributed by atoms with Crippen LogP contribution in [-0.2, 0) is 6.61 Å². The maximum atomic E-state index is 11.1. The van der Waals surface area contributed by atoms with Crippen molar-refractivity contribution in [1.29, 1.82) is 0 Å². The molecule has 0 unspecified atom stereocenters. The first kappa shape index (κ1) is 11.3. The van der Waals surface area contributed by atoms with Gasteiger partial charge < -0.3 is 14.3 Å². The van der Waals surface area contributed by atoms with Crippen molar-refractivity contribution in [3.05, 3.63) is 58.1 Å². The number of phenolic OH excluding ortho intramolecular Hbond substituents is 1. The van der Waals surface area contributed by atoms with Gasteiger partial charge in [0.25, 0.3) is 0 Å². The zero-order valence-corrected chi connectivity index (χ0v) is 9.34. The molecule has 0 aliphatic heterocycles. The summed E-state index contributed by atoms with van der Waals surface area (Å²) in [6, 6.07) is 9.52. The lowest BCUT2D eigenvalue weighted by atomic mass is 10.3. The Labute approximate surface area is 98.1 Å². The predicted octanol–water partition coefficient (Wildman–Crippen LogP) is 2.23. The Kier molecular flexibility index (Phi) is 3.14. The molecule has 0 spiro atoms. The van der Waals surface area contributed by atoms with Crippen molar-refractivity contribution in [2.45, 2.75) is 13.5 Å². The summed E-state index contributed by atoms with van der Waals surface area (Å²) in [7, 11) is 0. The van der Waals surface area contributed by atoms with Gasteiger partial charge >= 0.3 is 5.63 Å². The smallest absolute Gasteiger partial charge is 0.336 e. The highest BCUT2D eigenvalue weighted by Crippen LogP contribution is 2.17. The van der Waals surface area contributed by atoms with Crippen LogP contribution in [0.1, 0.15) is 11.3 Å². The minimum absolute atomic E-state index is 0.180. The van der Waals surface area contributed by atoms with Crippen molar-refractivity contribution in [2.75, 3.05) is 0 Å². The average molecular weight is 232 g/mol. The van der Waals surface area contributed by atoms with Crippen molar-refractivity contribution in [2.24, 2.45) is 0 Å². The first-order valence-electron chi connectivity index (χ1n) is 5.16. The standard InChI is InChI=1S/C13H12O4/c1-9-6-12(17-13(15)7-9)8-16-11-4-2-10(14)3-5-11/h2-7,14H,8H2,1H3. The molecule has 1 aromatic carbocycles. The Balaban J connectivity index is 2.07. The monoisotopic (exact) mass is 232 g/mol. The van der Waals surface area contributed by atoms with Gasteiger partial charge in [-0.1, -0.05) is 0 Å². The highest BCUT2D eigenvalue weighted by molar-refractivity contribution is 5.30. The highest BCUT2D eigenvalue weighted by atomic mass is 16.5. The molecule has 1 N–H and O–H groups in total. The van der Waals surface area contributed by atoms with E-state index in [1.807, 2.05) is 6.92 Å². The molecule has 1 aromatic heterocycles. The summed E-state index contributed by atoms with van der Waals surface area (Å²) in [5.74, 6) is 1.26. The van der Waals surface area contributed by atoms with E-state index < -0.39 is 0 Å². The number of hydrogen-bond acceptors (Lipinski definition) is 4. The molecule has 0 aliphatic rings. The molecule has 0 saturated carbocycles. The van der Waals surface area contributed by atoms with Crippen LogP contribution in [0, 0.1) is 6.92 Å². The fourth-order valence-corrected chi connectivity index (χ4v) is 1.44. The van der Waals surface area contributed by atoms with E-state index in [9.17, 15) is 4.79 Å². The summed E-state index contributed by atoms with van der Waals surface area (Å²) in [5.41, 5.74) is 0.458. The third kappa shape index (κ3) is 3.11. The van der Waals surface area contributed by atoms with E-state index in [1.54, 1.807) is 18.2 Å². The van der Waals surface area contributed by atoms with Gasteiger partial charge in [0.1, 0.15) is 23.9 Å². The number of benzene rings is 1. The average Bonchev–Trinajstić information content (AvgIpc) is 2.27. The van der Waals surface area contributed by atoms with Crippen LogP contribution < -0.4 is 10.4 Å². The molecule has 0 atom stereocenters. The van der Waals surface area contributed by atoms with E-state index in [0.717, 1.165) is 5.56 Å². The zero-order chi connectivity index (χ0) is 12.3. The maximum Gasteiger partial charge on any atom is 0.336 e. The lowest BCUT2D eigenvalue weighted by Gasteiger charge is -2.05. The van der Waals surface area contributed by atoms with Gasteiger partial charge in [-0.05, 0) is 42.8 Å². The molecule has 4 heteroatoms. The minimum atomic E-state index is -0.380. The third-order valence-electron chi connectivity index (χ3n) is 2.18. The molecule has 2 rings (SSSR count). The second kappa shape index (κ2) is 4.74. The summed E-state index contributed by atoms with van der Waals surface area (Å²) in [5, 5.41) is 9.10. The van der Waals surface area contributed by atoms with Crippen LogP contribution in [0.25, 0.3) is 0 Å². The number of hydrogen-bond donors (Lipinski definition) is 1. The molecule has 2 aromatic rings. The van der Waals surface area contributed by atoms with E-state index in [0.29, 0.717) is 11.5 Å². The molecule has 0 amide bonds. The first-order chi connectivity index (χ1) is 8.13. The summed E-state index contributed by atoms with van der Waals surface area (Å²) in [4.78, 5) is 11.1. The van der Waals surface area contributed by atoms with Crippen LogP contribution in [0.2, 0.25) is 0 Å². The number of rotatable bonds is 3. The van der Waals surface area contributed by atoms with Crippen molar-refractivity contribution >= 4 is 0 Å². The Morgan fingerprint density at radius 1 is 1.24 bits per heavy atom. The summed E-state index contributed by atoms with van der Waals surface area (Å²) in [6.07, 6.45) is 0. The van der Waals surface area contributed by atoms with Crippen molar-refractivity contribution < 1.29 is 14.3 Å². The van der Waals surface area contributed by atoms with Gasteiger partial charge in [-0.15, -0.1) is 0 Å². The fourth-order valence-electron chi connectivity index (χ4n) is 1.44. The Hall–Kier alpha value is -2.23. The molecular formula is C13H12O4. The Bertz CT molecular complexity index is 554. The molecule has 0 fully saturated rings. The van der Waals surface area contributed by atoms with Crippen LogP contribution >= 0.6 is 0 Å². The molecule has 17 heavy (non-hydrogen) atoms. The number of aromatic hydroxyl groups is 1. The molecule has 1 heterocycles. The SMILES string of the molecule is Cc1cc(COc2ccc(O)cc2)oc(=O)c1. The molecule has 0 saturated heterocycles. The number of ether oxygens (including phenoxy) is 1. The number of aryl methyl sites for hydroxylation is 1. The first-order valence-corrected chi connectivity index (χ1v) is 5.16. The second-order valence-electron chi connectivity index (χ2n) is 3.70. The van der Waals surface area contributed by atoms with E-state index >= 15 is 0 Å². The lowest BCUT2D eigenvalue weighted by molar-refractivity contribution is 0.261. The second-order valence-corrected chi connectivity index (χ2v) is 3.70. The van der Waals surface area contributed by atoms with Crippen LogP contribution in [0.15, 0.2) is 45.6 Å². The van der Waals surface area contributed by atoms with Crippen LogP contribution in [0.4, 0.5) is 0 Å². The van der Waals surface area contributed by atoms with Gasteiger partial charge in [0.15, 0.2) is 0 Å². The van der Waals surface area contributed by atoms with Crippen LogP contribution in [-0.4, -0.2) is 5.11 Å². The zero-order valence-electron chi connectivity index (χ0n) is 9.34. The largest absolute Gasteiger partial charge is 0.508 e. The Morgan fingerprint density at radius 3 is 2.59 bits per heavy atom. The topological polar surface area (TPSA) is 59.7 Å². The van der Waals surface area contributed by atoms with Crippen LogP contribution in [0.3, 0.4) is 0 Å². The van der Waals surface area contributed by atoms with Gasteiger partial charge in [-0.2, -0.15) is 0 Å². The van der Waals surface area contributed by atoms with E-state index in [4.69, 9.17) is 14.3 Å². The van der Waals surface area contributed by atoms with Crippen LogP contribution in [0.5, 0.6) is 11.5 Å². The van der Waals surface area contributed by atoms with Gasteiger partial charge in [0, 0.05) is 6.07 Å². The van der Waals surface area contributed by atoms with E-state index in [2.05, 4.69) is 0 Å². The molecule has 4 nitrogen and oxygen atoms in total. The Morgan fingerprint density at radius 2 is 1.94 bits per heavy atom. The fraction of sp³-hybridized carbons (Fsp3) is 0.154. The van der Waals surface area contributed by atoms with E-state index in [1.165, 1.54) is 18.2 Å². The summed E-state index contributed by atoms with van der Waals surface area (Å²) in [6.45, 7) is 2.00. The summed E-state index contributed by atoms with van der Waals surface area (Å²) >= 11 is 0. The normalized spacial score (nSPS) is 10.2. The minimum Gasteiger partial charge on any atom is -0.508 e. The maximum absolute atomic E-state index is 11.1. The molecule has 0 radical (unpaired) electrons.